The number of benzene rings is 1. The van der Waals surface area contributed by atoms with Gasteiger partial charge in [0, 0.05) is 59.6 Å². The molecule has 13 heteroatoms. The number of H-pyrrole nitrogens is 1. The van der Waals surface area contributed by atoms with E-state index in [2.05, 4.69) is 15.0 Å². The maximum Gasteiger partial charge on any atom is 0.416 e. The number of aromatic amines is 1. The first-order valence-corrected chi connectivity index (χ1v) is 15.0. The number of carbonyl (C=O) groups excluding carboxylic acids is 1. The highest BCUT2D eigenvalue weighted by Crippen LogP contribution is 2.40. The number of aromatic nitrogens is 4. The molecular formula is C33H35F3N6O4. The van der Waals surface area contributed by atoms with Crippen LogP contribution in [0.4, 0.5) is 23.9 Å². The highest BCUT2D eigenvalue weighted by Gasteiger charge is 2.42. The first kappa shape index (κ1) is 31.3. The molecule has 6 rings (SSSR count). The van der Waals surface area contributed by atoms with Gasteiger partial charge in [-0.05, 0) is 57.0 Å². The lowest BCUT2D eigenvalue weighted by atomic mass is 9.97. The third-order valence-electron chi connectivity index (χ3n) is 8.51. The predicted octanol–water partition coefficient (Wildman–Crippen LogP) is 6.40. The van der Waals surface area contributed by atoms with Gasteiger partial charge in [0.25, 0.3) is 0 Å². The number of anilines is 1. The summed E-state index contributed by atoms with van der Waals surface area (Å²) in [6.45, 7) is 9.62. The van der Waals surface area contributed by atoms with Crippen molar-refractivity contribution in [2.24, 2.45) is 0 Å². The summed E-state index contributed by atoms with van der Waals surface area (Å²) in [4.78, 5) is 34.3. The molecule has 2 atom stereocenters. The van der Waals surface area contributed by atoms with Crippen LogP contribution in [0.25, 0.3) is 22.3 Å². The quantitative estimate of drug-likeness (QED) is 0.248. The average molecular weight is 637 g/mol. The van der Waals surface area contributed by atoms with Gasteiger partial charge in [0.2, 0.25) is 11.8 Å². The van der Waals surface area contributed by atoms with E-state index in [1.165, 1.54) is 12.0 Å². The van der Waals surface area contributed by atoms with Crippen molar-refractivity contribution in [3.05, 3.63) is 76.5 Å². The molecule has 2 aliphatic heterocycles. The maximum absolute atomic E-state index is 13.6. The molecule has 0 spiro atoms. The number of hydrogen-bond acceptors (Lipinski definition) is 8. The fourth-order valence-corrected chi connectivity index (χ4v) is 6.17. The van der Waals surface area contributed by atoms with E-state index in [4.69, 9.17) is 19.2 Å². The topological polar surface area (TPSA) is 106 Å². The van der Waals surface area contributed by atoms with E-state index in [9.17, 15) is 18.0 Å². The van der Waals surface area contributed by atoms with Gasteiger partial charge in [-0.15, -0.1) is 0 Å². The number of cyclic esters (lactones) is 1. The number of halogens is 3. The molecule has 0 radical (unpaired) electrons. The van der Waals surface area contributed by atoms with E-state index in [1.54, 1.807) is 32.3 Å². The summed E-state index contributed by atoms with van der Waals surface area (Å²) >= 11 is 0. The summed E-state index contributed by atoms with van der Waals surface area (Å²) in [5, 5.41) is 0. The lowest BCUT2D eigenvalue weighted by molar-refractivity contribution is -0.137. The lowest BCUT2D eigenvalue weighted by Gasteiger charge is -2.28. The van der Waals surface area contributed by atoms with Gasteiger partial charge in [-0.2, -0.15) is 13.2 Å². The number of amides is 1. The largest absolute Gasteiger partial charge is 0.481 e. The third-order valence-corrected chi connectivity index (χ3v) is 8.51. The second-order valence-electron chi connectivity index (χ2n) is 11.7. The molecule has 3 aromatic heterocycles. The van der Waals surface area contributed by atoms with Gasteiger partial charge >= 0.3 is 12.3 Å². The minimum atomic E-state index is -4.53. The SMILES string of the molecule is COc1ncc(-c2c(C)c[nH]c2C)cc1-c1cnc(N2CCOCC2)nc1CN1C(=O)O[C@H](c2cc(C)cc(C(F)(F)F)c2)[C@@H]1C. The zero-order chi connectivity index (χ0) is 32.7. The van der Waals surface area contributed by atoms with Crippen LogP contribution < -0.4 is 9.64 Å². The van der Waals surface area contributed by atoms with Crippen LogP contribution in [0.1, 0.15) is 46.7 Å². The molecule has 4 aromatic rings. The predicted molar refractivity (Wildman–Crippen MR) is 165 cm³/mol. The van der Waals surface area contributed by atoms with Crippen molar-refractivity contribution in [1.29, 1.82) is 0 Å². The molecule has 2 saturated heterocycles. The van der Waals surface area contributed by atoms with Gasteiger partial charge < -0.3 is 24.1 Å². The van der Waals surface area contributed by atoms with Crippen LogP contribution in [-0.4, -0.2) is 70.4 Å². The van der Waals surface area contributed by atoms with Crippen LogP contribution in [0.15, 0.2) is 42.9 Å². The number of nitrogens with zero attached hydrogens (tertiary/aromatic N) is 5. The van der Waals surface area contributed by atoms with Crippen molar-refractivity contribution in [1.82, 2.24) is 24.8 Å². The van der Waals surface area contributed by atoms with Gasteiger partial charge in [0.15, 0.2) is 0 Å². The van der Waals surface area contributed by atoms with Gasteiger partial charge in [0.05, 0.1) is 44.2 Å². The summed E-state index contributed by atoms with van der Waals surface area (Å²) in [6, 6.07) is 5.11. The zero-order valence-corrected chi connectivity index (χ0v) is 26.2. The van der Waals surface area contributed by atoms with Crippen LogP contribution in [0.5, 0.6) is 5.88 Å². The van der Waals surface area contributed by atoms with Crippen molar-refractivity contribution in [2.45, 2.75) is 52.6 Å². The number of carbonyl (C=O) groups is 1. The monoisotopic (exact) mass is 636 g/mol. The molecule has 0 unspecified atom stereocenters. The molecule has 0 bridgehead atoms. The van der Waals surface area contributed by atoms with Crippen molar-refractivity contribution in [3.8, 4) is 28.1 Å². The number of ether oxygens (including phenoxy) is 3. The maximum atomic E-state index is 13.6. The number of morpholine rings is 1. The van der Waals surface area contributed by atoms with Crippen molar-refractivity contribution in [2.75, 3.05) is 38.3 Å². The second-order valence-corrected chi connectivity index (χ2v) is 11.7. The molecule has 1 amide bonds. The van der Waals surface area contributed by atoms with Crippen LogP contribution in [0, 0.1) is 20.8 Å². The number of alkyl halides is 3. The van der Waals surface area contributed by atoms with Crippen molar-refractivity contribution < 1.29 is 32.2 Å². The fourth-order valence-electron chi connectivity index (χ4n) is 6.17. The Kier molecular flexibility index (Phi) is 8.36. The Hall–Kier alpha value is -4.65. The van der Waals surface area contributed by atoms with Gasteiger partial charge in [-0.1, -0.05) is 11.6 Å². The number of aryl methyl sites for hydroxylation is 3. The number of nitrogens with one attached hydrogen (secondary N) is 1. The Labute approximate surface area is 264 Å². The number of hydrogen-bond donors (Lipinski definition) is 1. The normalized spacial score (nSPS) is 18.7. The molecule has 46 heavy (non-hydrogen) atoms. The summed E-state index contributed by atoms with van der Waals surface area (Å²) < 4.78 is 57.8. The Bertz CT molecular complexity index is 1750. The Morgan fingerprint density at radius 1 is 1.04 bits per heavy atom. The first-order valence-electron chi connectivity index (χ1n) is 15.0. The minimum absolute atomic E-state index is 0.0131. The van der Waals surface area contributed by atoms with E-state index < -0.39 is 30.0 Å². The van der Waals surface area contributed by atoms with E-state index >= 15 is 0 Å². The highest BCUT2D eigenvalue weighted by atomic mass is 19.4. The zero-order valence-electron chi connectivity index (χ0n) is 26.2. The third kappa shape index (κ3) is 5.98. The first-order chi connectivity index (χ1) is 21.9. The van der Waals surface area contributed by atoms with E-state index in [-0.39, 0.29) is 12.1 Å². The fraction of sp³-hybridized carbons (Fsp3) is 0.394. The Morgan fingerprint density at radius 2 is 1.80 bits per heavy atom. The average Bonchev–Trinajstić information content (AvgIpc) is 3.52. The molecular weight excluding hydrogens is 601 g/mol. The van der Waals surface area contributed by atoms with E-state index in [1.807, 2.05) is 31.0 Å². The smallest absolute Gasteiger partial charge is 0.416 e. The van der Waals surface area contributed by atoms with Gasteiger partial charge in [-0.25, -0.2) is 19.7 Å². The molecule has 10 nitrogen and oxygen atoms in total. The number of rotatable bonds is 7. The Morgan fingerprint density at radius 3 is 2.48 bits per heavy atom. The second kappa shape index (κ2) is 12.3. The molecule has 5 heterocycles. The summed E-state index contributed by atoms with van der Waals surface area (Å²) in [7, 11) is 1.53. The van der Waals surface area contributed by atoms with Crippen LogP contribution in [0.2, 0.25) is 0 Å². The number of methoxy groups -OCH3 is 1. The summed E-state index contributed by atoms with van der Waals surface area (Å²) in [6.07, 6.45) is -0.706. The summed E-state index contributed by atoms with van der Waals surface area (Å²) in [5.74, 6) is 0.834. The summed E-state index contributed by atoms with van der Waals surface area (Å²) in [5.41, 5.74) is 5.59. The number of pyridine rings is 1. The van der Waals surface area contributed by atoms with Gasteiger partial charge in [0.1, 0.15) is 6.10 Å². The molecule has 242 valence electrons. The minimum Gasteiger partial charge on any atom is -0.481 e. The molecule has 2 fully saturated rings. The van der Waals surface area contributed by atoms with E-state index in [0.29, 0.717) is 60.5 Å². The molecule has 0 aliphatic carbocycles. The van der Waals surface area contributed by atoms with Crippen LogP contribution >= 0.6 is 0 Å². The molecule has 2 aliphatic rings. The molecule has 1 N–H and O–H groups in total. The van der Waals surface area contributed by atoms with E-state index in [0.717, 1.165) is 34.5 Å². The van der Waals surface area contributed by atoms with Crippen LogP contribution in [-0.2, 0) is 22.2 Å². The standard InChI is InChI=1S/C33H35F3N6O4/c1-18-10-22(12-24(11-18)33(34,35)36)29-21(4)42(32(43)46-29)17-27-26(16-39-31(40-27)41-6-8-45-9-7-41)25-13-23(15-38-30(25)44-5)28-19(2)14-37-20(28)3/h10-16,21,29,37H,6-9,17H2,1-5H3/t21-,29-/m0/s1. The molecule has 1 aromatic carbocycles. The van der Waals surface area contributed by atoms with Crippen molar-refractivity contribution >= 4 is 12.0 Å². The van der Waals surface area contributed by atoms with Crippen molar-refractivity contribution in [3.63, 3.8) is 0 Å². The highest BCUT2D eigenvalue weighted by molar-refractivity contribution is 5.79. The Balaban J connectivity index is 1.41. The molecule has 0 saturated carbocycles. The lowest BCUT2D eigenvalue weighted by Crippen LogP contribution is -2.38. The van der Waals surface area contributed by atoms with Gasteiger partial charge in [-0.3, -0.25) is 4.90 Å². The van der Waals surface area contributed by atoms with Crippen LogP contribution in [0.3, 0.4) is 0 Å².